The van der Waals surface area contributed by atoms with Gasteiger partial charge in [0.1, 0.15) is 23.0 Å². The van der Waals surface area contributed by atoms with Gasteiger partial charge in [-0.15, -0.1) is 0 Å². The highest BCUT2D eigenvalue weighted by Crippen LogP contribution is 2.34. The SMILES string of the molecule is [2H]c1c([2H])c([2H])c([Si](c2c([2H])c([2H])c([2H])c([2H])c2[2H])(c2c([2H])c([2H])c([2H])c([2H])c2[2H])c2c([2H])c3c4c(c2[2H])Oc2c([2H])c([2H])c([2H])c([2H])c2B4c2c([2H])c([2H])c([2H])c([2H])c2O3)c([2H])c1[2H]. The lowest BCUT2D eigenvalue weighted by atomic mass is 9.35. The van der Waals surface area contributed by atoms with Crippen LogP contribution in [0.2, 0.25) is 0 Å². The van der Waals surface area contributed by atoms with Crippen LogP contribution in [-0.4, -0.2) is 14.8 Å². The van der Waals surface area contributed by atoms with Gasteiger partial charge >= 0.3 is 0 Å². The molecule has 2 aliphatic heterocycles. The summed E-state index contributed by atoms with van der Waals surface area (Å²) in [7, 11) is -6.22. The summed E-state index contributed by atoms with van der Waals surface area (Å²) < 4.78 is 237. The van der Waals surface area contributed by atoms with Crippen molar-refractivity contribution in [2.75, 3.05) is 0 Å². The number of benzene rings is 6. The zero-order chi connectivity index (χ0) is 48.3. The number of fused-ring (bicyclic) bond motifs is 4. The summed E-state index contributed by atoms with van der Waals surface area (Å²) in [5.41, 5.74) is -1.34. The summed E-state index contributed by atoms with van der Waals surface area (Å²) in [6, 6.07) is -26.0. The van der Waals surface area contributed by atoms with Crippen molar-refractivity contribution < 1.29 is 43.7 Å². The summed E-state index contributed by atoms with van der Waals surface area (Å²) in [4.78, 5) is 0. The molecule has 0 aromatic heterocycles. The molecule has 2 heterocycles. The van der Waals surface area contributed by atoms with Crippen LogP contribution in [0, 0.1) is 0 Å². The molecule has 0 atom stereocenters. The molecule has 0 unspecified atom stereocenters. The van der Waals surface area contributed by atoms with E-state index in [1.807, 2.05) is 0 Å². The Balaban J connectivity index is 1.76. The minimum Gasteiger partial charge on any atom is -0.458 e. The molecule has 0 saturated carbocycles. The lowest BCUT2D eigenvalue weighted by molar-refractivity contribution is 0.465. The van der Waals surface area contributed by atoms with Crippen molar-refractivity contribution in [1.82, 2.24) is 0 Å². The van der Waals surface area contributed by atoms with E-state index in [0.29, 0.717) is 0 Å². The van der Waals surface area contributed by atoms with Crippen molar-refractivity contribution in [2.45, 2.75) is 0 Å². The Morgan fingerprint density at radius 1 is 0.425 bits per heavy atom. The van der Waals surface area contributed by atoms with Crippen LogP contribution < -0.4 is 46.6 Å². The standard InChI is InChI=1S/C36H25BO2Si/c1-4-14-26(15-5-1)40(27-16-6-2-7-17-27,28-18-8-3-9-19-28)29-24-34-36-35(25-29)39-33-23-13-11-21-31(33)37(36)30-20-10-12-22-32(30)38-34/h1-25H/i1D,2D,3D,4D,5D,6D,7D,8D,9D,10D,11D,12D,13D,14D,15D,16D,17D,18D,19D,20D,21D,22D,23D,24D,25D. The van der Waals surface area contributed by atoms with E-state index in [9.17, 15) is 11.0 Å². The Kier molecular flexibility index (Phi) is 2.09. The average molecular weight is 554 g/mol. The highest BCUT2D eigenvalue weighted by atomic mass is 28.3. The fraction of sp³-hybridized carbons (Fsp3) is 0. The van der Waals surface area contributed by atoms with Gasteiger partial charge in [0.25, 0.3) is 6.71 Å². The van der Waals surface area contributed by atoms with Gasteiger partial charge in [0.2, 0.25) is 0 Å². The first-order valence-corrected chi connectivity index (χ1v) is 13.7. The summed E-state index contributed by atoms with van der Waals surface area (Å²) >= 11 is 0. The fourth-order valence-corrected chi connectivity index (χ4v) is 8.60. The quantitative estimate of drug-likeness (QED) is 0.244. The van der Waals surface area contributed by atoms with Crippen molar-refractivity contribution in [2.24, 2.45) is 0 Å². The van der Waals surface area contributed by atoms with E-state index in [0.717, 1.165) is 0 Å². The van der Waals surface area contributed by atoms with Crippen LogP contribution in [0.3, 0.4) is 0 Å². The van der Waals surface area contributed by atoms with E-state index in [4.69, 9.17) is 32.8 Å². The second kappa shape index (κ2) is 9.15. The van der Waals surface area contributed by atoms with Gasteiger partial charge in [0, 0.05) is 5.46 Å². The third-order valence-corrected chi connectivity index (χ3v) is 10.6. The van der Waals surface area contributed by atoms with Gasteiger partial charge < -0.3 is 9.47 Å². The van der Waals surface area contributed by atoms with Gasteiger partial charge in [-0.2, -0.15) is 0 Å². The van der Waals surface area contributed by atoms with E-state index in [-0.39, 0.29) is 0 Å². The third-order valence-electron chi connectivity index (χ3n) is 6.60. The average Bonchev–Trinajstić information content (AvgIpc) is 3.28. The van der Waals surface area contributed by atoms with Gasteiger partial charge in [0.05, 0.1) is 34.3 Å². The molecule has 6 aromatic rings. The monoisotopic (exact) mass is 553 g/mol. The topological polar surface area (TPSA) is 18.5 Å². The molecule has 2 nitrogen and oxygen atoms in total. The molecule has 0 aliphatic carbocycles. The molecule has 0 N–H and O–H groups in total. The molecule has 40 heavy (non-hydrogen) atoms. The molecule has 0 radical (unpaired) electrons. The predicted molar refractivity (Wildman–Crippen MR) is 168 cm³/mol. The second-order valence-corrected chi connectivity index (χ2v) is 12.1. The van der Waals surface area contributed by atoms with Crippen LogP contribution in [0.4, 0.5) is 0 Å². The van der Waals surface area contributed by atoms with Gasteiger partial charge in [-0.1, -0.05) is 127 Å². The molecule has 0 amide bonds. The predicted octanol–water partition coefficient (Wildman–Crippen LogP) is 3.79. The lowest BCUT2D eigenvalue weighted by Crippen LogP contribution is -2.75. The molecule has 0 saturated heterocycles. The minimum absolute atomic E-state index is 0.434. The van der Waals surface area contributed by atoms with Crippen molar-refractivity contribution in [1.29, 1.82) is 0 Å². The molecule has 4 heteroatoms. The van der Waals surface area contributed by atoms with Gasteiger partial charge in [-0.25, -0.2) is 0 Å². The van der Waals surface area contributed by atoms with Crippen LogP contribution >= 0.6 is 0 Å². The molecule has 188 valence electrons. The number of rotatable bonds is 4. The van der Waals surface area contributed by atoms with Crippen LogP contribution in [-0.2, 0) is 0 Å². The third kappa shape index (κ3) is 3.36. The zero-order valence-electron chi connectivity index (χ0n) is 44.9. The number of ether oxygens (including phenoxy) is 2. The smallest absolute Gasteiger partial charge is 0.260 e. The maximum absolute atomic E-state index is 10.1. The first kappa shape index (κ1) is 9.12. The summed E-state index contributed by atoms with van der Waals surface area (Å²) in [5.74, 6) is -3.07. The Morgan fingerprint density at radius 3 is 1.23 bits per heavy atom. The van der Waals surface area contributed by atoms with Crippen molar-refractivity contribution in [3.63, 3.8) is 0 Å². The minimum atomic E-state index is -6.22. The van der Waals surface area contributed by atoms with Gasteiger partial charge in [-0.05, 0) is 55.8 Å². The molecule has 0 bridgehead atoms. The van der Waals surface area contributed by atoms with Gasteiger partial charge in [0.15, 0.2) is 8.07 Å². The number of hydrogen-bond donors (Lipinski definition) is 0. The van der Waals surface area contributed by atoms with Crippen LogP contribution in [0.15, 0.2) is 151 Å². The Hall–Kier alpha value is -4.80. The Labute approximate surface area is 270 Å². The molecular formula is C36H25BO2Si. The maximum atomic E-state index is 10.1. The largest absolute Gasteiger partial charge is 0.458 e. The lowest BCUT2D eigenvalue weighted by Gasteiger charge is -2.38. The van der Waals surface area contributed by atoms with E-state index in [2.05, 4.69) is 0 Å². The van der Waals surface area contributed by atoms with Crippen molar-refractivity contribution in [3.05, 3.63) is 151 Å². The Morgan fingerprint density at radius 2 is 0.800 bits per heavy atom. The normalized spacial score (nSPS) is 21.6. The molecule has 2 aliphatic rings. The van der Waals surface area contributed by atoms with Crippen LogP contribution in [0.5, 0.6) is 23.0 Å². The maximum Gasteiger partial charge on any atom is 0.260 e. The van der Waals surface area contributed by atoms with Crippen LogP contribution in [0.25, 0.3) is 0 Å². The first-order chi connectivity index (χ1) is 30.2. The molecule has 6 aromatic carbocycles. The first-order valence-electron chi connectivity index (χ1n) is 24.2. The highest BCUT2D eigenvalue weighted by Gasteiger charge is 2.45. The Bertz CT molecular complexity index is 2890. The summed E-state index contributed by atoms with van der Waals surface area (Å²) in [5, 5.41) is -4.19. The second-order valence-electron chi connectivity index (χ2n) is 8.57. The van der Waals surface area contributed by atoms with Crippen molar-refractivity contribution in [3.8, 4) is 23.0 Å². The number of hydrogen-bond acceptors (Lipinski definition) is 2. The van der Waals surface area contributed by atoms with E-state index >= 15 is 0 Å². The number of para-hydroxylation sites is 2. The molecule has 0 spiro atoms. The van der Waals surface area contributed by atoms with E-state index in [1.165, 1.54) is 0 Å². The zero-order valence-corrected chi connectivity index (χ0v) is 20.9. The molecule has 8 rings (SSSR count). The molecular weight excluding hydrogens is 503 g/mol. The van der Waals surface area contributed by atoms with E-state index < -0.39 is 226 Å². The highest BCUT2D eigenvalue weighted by molar-refractivity contribution is 7.20. The van der Waals surface area contributed by atoms with Crippen LogP contribution in [0.1, 0.15) is 34.3 Å². The van der Waals surface area contributed by atoms with Gasteiger partial charge in [-0.3, -0.25) is 0 Å². The molecule has 0 fully saturated rings. The fourth-order valence-electron chi connectivity index (χ4n) is 5.00. The van der Waals surface area contributed by atoms with E-state index in [1.54, 1.807) is 0 Å². The summed E-state index contributed by atoms with van der Waals surface area (Å²) in [6.07, 6.45) is 0. The van der Waals surface area contributed by atoms with Crippen molar-refractivity contribution >= 4 is 51.9 Å². The summed E-state index contributed by atoms with van der Waals surface area (Å²) in [6.45, 7) is -1.77.